The van der Waals surface area contributed by atoms with Crippen molar-refractivity contribution < 1.29 is 14.3 Å². The van der Waals surface area contributed by atoms with Crippen molar-refractivity contribution in [3.05, 3.63) is 23.5 Å². The van der Waals surface area contributed by atoms with Gasteiger partial charge in [-0.1, -0.05) is 0 Å². The first kappa shape index (κ1) is 17.4. The van der Waals surface area contributed by atoms with Crippen molar-refractivity contribution in [2.24, 2.45) is 0 Å². The molecule has 0 saturated carbocycles. The summed E-state index contributed by atoms with van der Waals surface area (Å²) in [6.07, 6.45) is 1.53. The summed E-state index contributed by atoms with van der Waals surface area (Å²) in [6.45, 7) is 8.94. The van der Waals surface area contributed by atoms with Gasteiger partial charge in [-0.25, -0.2) is 0 Å². The van der Waals surface area contributed by atoms with Gasteiger partial charge in [-0.3, -0.25) is 9.78 Å². The fraction of sp³-hybridized carbons (Fsp3) is 0.600. The van der Waals surface area contributed by atoms with Gasteiger partial charge in [-0.05, 0) is 26.8 Å². The number of pyridine rings is 1. The van der Waals surface area contributed by atoms with Crippen LogP contribution >= 0.6 is 0 Å². The summed E-state index contributed by atoms with van der Waals surface area (Å²) in [5.74, 6) is -0.139. The molecule has 118 valence electrons. The molecule has 0 radical (unpaired) electrons. The van der Waals surface area contributed by atoms with Gasteiger partial charge in [-0.15, -0.1) is 0 Å². The molecule has 1 aromatic rings. The van der Waals surface area contributed by atoms with Crippen LogP contribution < -0.4 is 5.73 Å². The minimum atomic E-state index is -0.139. The van der Waals surface area contributed by atoms with Crippen molar-refractivity contribution in [2.75, 3.05) is 45.3 Å². The Morgan fingerprint density at radius 2 is 1.81 bits per heavy atom. The van der Waals surface area contributed by atoms with Crippen LogP contribution in [-0.2, 0) is 9.47 Å². The van der Waals surface area contributed by atoms with Crippen LogP contribution in [0.3, 0.4) is 0 Å². The second-order valence-corrected chi connectivity index (χ2v) is 4.60. The van der Waals surface area contributed by atoms with E-state index in [1.807, 2.05) is 20.8 Å². The van der Waals surface area contributed by atoms with Crippen LogP contribution in [0.25, 0.3) is 0 Å². The maximum Gasteiger partial charge on any atom is 0.257 e. The smallest absolute Gasteiger partial charge is 0.257 e. The summed E-state index contributed by atoms with van der Waals surface area (Å²) in [5.41, 5.74) is 7.58. The van der Waals surface area contributed by atoms with Gasteiger partial charge in [0.15, 0.2) is 0 Å². The molecule has 6 nitrogen and oxygen atoms in total. The number of aryl methyl sites for hydroxylation is 1. The zero-order chi connectivity index (χ0) is 15.7. The largest absolute Gasteiger partial charge is 0.398 e. The molecular formula is C15H25N3O3. The molecule has 0 aliphatic carbocycles. The highest BCUT2D eigenvalue weighted by Gasteiger charge is 2.18. The Kier molecular flexibility index (Phi) is 7.71. The van der Waals surface area contributed by atoms with Gasteiger partial charge in [0.1, 0.15) is 0 Å². The molecule has 0 saturated heterocycles. The summed E-state index contributed by atoms with van der Waals surface area (Å²) in [7, 11) is 0. The fourth-order valence-corrected chi connectivity index (χ4v) is 1.88. The monoisotopic (exact) mass is 295 g/mol. The predicted molar refractivity (Wildman–Crippen MR) is 82.3 cm³/mol. The minimum absolute atomic E-state index is 0.139. The molecule has 0 aliphatic heterocycles. The number of amides is 1. The zero-order valence-electron chi connectivity index (χ0n) is 13.1. The third-order valence-electron chi connectivity index (χ3n) is 3.01. The number of hydrogen-bond donors (Lipinski definition) is 1. The molecule has 21 heavy (non-hydrogen) atoms. The van der Waals surface area contributed by atoms with Crippen LogP contribution in [0.15, 0.2) is 12.3 Å². The lowest BCUT2D eigenvalue weighted by Crippen LogP contribution is -2.37. The Morgan fingerprint density at radius 3 is 2.29 bits per heavy atom. The molecule has 1 rings (SSSR count). The SMILES string of the molecule is CCOCCN(CCOCC)C(=O)c1cnc(C)cc1N. The van der Waals surface area contributed by atoms with Gasteiger partial charge < -0.3 is 20.1 Å². The molecule has 6 heteroatoms. The second-order valence-electron chi connectivity index (χ2n) is 4.60. The summed E-state index contributed by atoms with van der Waals surface area (Å²) < 4.78 is 10.6. The molecule has 0 spiro atoms. The van der Waals surface area contributed by atoms with Gasteiger partial charge in [0, 0.05) is 43.9 Å². The molecule has 0 unspecified atom stereocenters. The molecule has 1 amide bonds. The van der Waals surface area contributed by atoms with Crippen LogP contribution in [0, 0.1) is 6.92 Å². The van der Waals surface area contributed by atoms with Gasteiger partial charge in [0.05, 0.1) is 18.8 Å². The lowest BCUT2D eigenvalue weighted by Gasteiger charge is -2.23. The van der Waals surface area contributed by atoms with E-state index in [1.54, 1.807) is 11.0 Å². The van der Waals surface area contributed by atoms with E-state index < -0.39 is 0 Å². The summed E-state index contributed by atoms with van der Waals surface area (Å²) >= 11 is 0. The number of aromatic nitrogens is 1. The number of carbonyl (C=O) groups excluding carboxylic acids is 1. The second kappa shape index (κ2) is 9.31. The Labute approximate surface area is 126 Å². The van der Waals surface area contributed by atoms with E-state index in [2.05, 4.69) is 4.98 Å². The first-order valence-electron chi connectivity index (χ1n) is 7.27. The molecular weight excluding hydrogens is 270 g/mol. The van der Waals surface area contributed by atoms with Gasteiger partial charge >= 0.3 is 0 Å². The number of nitrogens with two attached hydrogens (primary N) is 1. The van der Waals surface area contributed by atoms with E-state index in [1.165, 1.54) is 6.20 Å². The predicted octanol–water partition coefficient (Wildman–Crippen LogP) is 1.49. The highest BCUT2D eigenvalue weighted by atomic mass is 16.5. The standard InChI is InChI=1S/C15H25N3O3/c1-4-20-8-6-18(7-9-21-5-2)15(19)13-11-17-12(3)10-14(13)16/h10-11H,4-9H2,1-3H3,(H2,16,17). The normalized spacial score (nSPS) is 10.6. The average molecular weight is 295 g/mol. The Balaban J connectivity index is 2.76. The molecule has 1 aromatic heterocycles. The van der Waals surface area contributed by atoms with Gasteiger partial charge in [0.25, 0.3) is 5.91 Å². The van der Waals surface area contributed by atoms with Crippen molar-refractivity contribution in [3.63, 3.8) is 0 Å². The van der Waals surface area contributed by atoms with Crippen LogP contribution in [0.5, 0.6) is 0 Å². The van der Waals surface area contributed by atoms with E-state index in [4.69, 9.17) is 15.2 Å². The first-order valence-corrected chi connectivity index (χ1v) is 7.27. The fourth-order valence-electron chi connectivity index (χ4n) is 1.88. The van der Waals surface area contributed by atoms with Crippen LogP contribution in [0.1, 0.15) is 29.9 Å². The number of ether oxygens (including phenoxy) is 2. The number of anilines is 1. The van der Waals surface area contributed by atoms with E-state index in [-0.39, 0.29) is 5.91 Å². The van der Waals surface area contributed by atoms with E-state index in [9.17, 15) is 4.79 Å². The molecule has 0 bridgehead atoms. The summed E-state index contributed by atoms with van der Waals surface area (Å²) in [6, 6.07) is 1.70. The third kappa shape index (κ3) is 5.69. The van der Waals surface area contributed by atoms with Crippen LogP contribution in [-0.4, -0.2) is 55.3 Å². The van der Waals surface area contributed by atoms with Crippen molar-refractivity contribution in [3.8, 4) is 0 Å². The van der Waals surface area contributed by atoms with Crippen molar-refractivity contribution in [2.45, 2.75) is 20.8 Å². The van der Waals surface area contributed by atoms with Crippen molar-refractivity contribution in [1.29, 1.82) is 0 Å². The lowest BCUT2D eigenvalue weighted by molar-refractivity contribution is 0.0550. The van der Waals surface area contributed by atoms with E-state index in [0.717, 1.165) is 5.69 Å². The summed E-state index contributed by atoms with van der Waals surface area (Å²) in [4.78, 5) is 18.4. The molecule has 0 fully saturated rings. The minimum Gasteiger partial charge on any atom is -0.398 e. The maximum absolute atomic E-state index is 12.6. The number of nitrogens with zero attached hydrogens (tertiary/aromatic N) is 2. The summed E-state index contributed by atoms with van der Waals surface area (Å²) in [5, 5.41) is 0. The highest BCUT2D eigenvalue weighted by molar-refractivity contribution is 5.98. The van der Waals surface area contributed by atoms with Gasteiger partial charge in [0.2, 0.25) is 0 Å². The van der Waals surface area contributed by atoms with Crippen molar-refractivity contribution >= 4 is 11.6 Å². The molecule has 0 aliphatic rings. The first-order chi connectivity index (χ1) is 10.1. The topological polar surface area (TPSA) is 77.7 Å². The Morgan fingerprint density at radius 1 is 1.24 bits per heavy atom. The Hall–Kier alpha value is -1.66. The quantitative estimate of drug-likeness (QED) is 0.698. The number of hydrogen-bond acceptors (Lipinski definition) is 5. The highest BCUT2D eigenvalue weighted by Crippen LogP contribution is 2.14. The lowest BCUT2D eigenvalue weighted by atomic mass is 10.2. The Bertz CT molecular complexity index is 442. The number of nitrogen functional groups attached to an aromatic ring is 1. The van der Waals surface area contributed by atoms with E-state index in [0.29, 0.717) is 50.8 Å². The number of rotatable bonds is 9. The zero-order valence-corrected chi connectivity index (χ0v) is 13.1. The van der Waals surface area contributed by atoms with Gasteiger partial charge in [-0.2, -0.15) is 0 Å². The van der Waals surface area contributed by atoms with E-state index >= 15 is 0 Å². The third-order valence-corrected chi connectivity index (χ3v) is 3.01. The van der Waals surface area contributed by atoms with Crippen LogP contribution in [0.2, 0.25) is 0 Å². The number of carbonyl (C=O) groups is 1. The van der Waals surface area contributed by atoms with Crippen LogP contribution in [0.4, 0.5) is 5.69 Å². The maximum atomic E-state index is 12.6. The average Bonchev–Trinajstić information content (AvgIpc) is 2.45. The molecule has 0 atom stereocenters. The molecule has 2 N–H and O–H groups in total. The van der Waals surface area contributed by atoms with Crippen molar-refractivity contribution in [1.82, 2.24) is 9.88 Å². The molecule has 0 aromatic carbocycles. The molecule has 1 heterocycles.